The van der Waals surface area contributed by atoms with Crippen molar-refractivity contribution in [2.45, 2.75) is 19.8 Å². The van der Waals surface area contributed by atoms with Crippen LogP contribution in [0.1, 0.15) is 19.8 Å². The van der Waals surface area contributed by atoms with Gasteiger partial charge in [-0.2, -0.15) is 5.10 Å². The average Bonchev–Trinajstić information content (AvgIpc) is 2.94. The van der Waals surface area contributed by atoms with E-state index in [-0.39, 0.29) is 11.1 Å². The molecule has 0 atom stereocenters. The van der Waals surface area contributed by atoms with Crippen molar-refractivity contribution < 1.29 is 4.79 Å². The highest BCUT2D eigenvalue weighted by Gasteiger charge is 2.17. The lowest BCUT2D eigenvalue weighted by Crippen LogP contribution is -2.26. The Hall–Kier alpha value is -2.21. The first-order valence-electron chi connectivity index (χ1n) is 6.87. The molecule has 0 N–H and O–H groups in total. The Morgan fingerprint density at radius 1 is 1.45 bits per heavy atom. The number of halogens is 1. The maximum absolute atomic E-state index is 12.2. The molecule has 22 heavy (non-hydrogen) atoms. The Morgan fingerprint density at radius 3 is 2.86 bits per heavy atom. The highest BCUT2D eigenvalue weighted by atomic mass is 35.5. The average molecular weight is 320 g/mol. The van der Waals surface area contributed by atoms with Crippen LogP contribution in [0.3, 0.4) is 0 Å². The lowest BCUT2D eigenvalue weighted by atomic mass is 10.2. The summed E-state index contributed by atoms with van der Waals surface area (Å²) in [6.07, 6.45) is 6.10. The molecule has 0 aromatic carbocycles. The Morgan fingerprint density at radius 2 is 2.23 bits per heavy atom. The highest BCUT2D eigenvalue weighted by Crippen LogP contribution is 2.25. The number of anilines is 1. The summed E-state index contributed by atoms with van der Waals surface area (Å²) in [6, 6.07) is 3.68. The summed E-state index contributed by atoms with van der Waals surface area (Å²) in [5.74, 6) is -0.0318. The smallest absolute Gasteiger partial charge is 0.227 e. The van der Waals surface area contributed by atoms with Gasteiger partial charge in [0, 0.05) is 32.4 Å². The number of nitrogens with zero attached hydrogens (tertiary/aromatic N) is 5. The summed E-state index contributed by atoms with van der Waals surface area (Å²) in [6.45, 7) is 1.90. The van der Waals surface area contributed by atoms with Crippen molar-refractivity contribution >= 4 is 28.9 Å². The molecule has 6 nitrogen and oxygen atoms in total. The van der Waals surface area contributed by atoms with Crippen LogP contribution >= 0.6 is 11.6 Å². The van der Waals surface area contributed by atoms with E-state index in [1.165, 1.54) is 4.90 Å². The minimum atomic E-state index is -0.0318. The van der Waals surface area contributed by atoms with E-state index in [9.17, 15) is 4.79 Å². The van der Waals surface area contributed by atoms with E-state index in [1.807, 2.05) is 19.1 Å². The highest BCUT2D eigenvalue weighted by molar-refractivity contribution is 6.32. The molecular weight excluding hydrogens is 302 g/mol. The van der Waals surface area contributed by atoms with Crippen LogP contribution in [0.5, 0.6) is 0 Å². The van der Waals surface area contributed by atoms with Gasteiger partial charge < -0.3 is 4.90 Å². The fourth-order valence-electron chi connectivity index (χ4n) is 1.89. The predicted molar refractivity (Wildman–Crippen MR) is 88.0 cm³/mol. The first kappa shape index (κ1) is 16.2. The second kappa shape index (κ2) is 7.17. The summed E-state index contributed by atoms with van der Waals surface area (Å²) < 4.78 is 1.60. The van der Waals surface area contributed by atoms with Crippen LogP contribution in [-0.2, 0) is 4.79 Å². The van der Waals surface area contributed by atoms with E-state index in [1.54, 1.807) is 37.4 Å². The maximum Gasteiger partial charge on any atom is 0.227 e. The second-order valence-electron chi connectivity index (χ2n) is 4.87. The number of pyridine rings is 1. The third-order valence-electron chi connectivity index (χ3n) is 3.38. The van der Waals surface area contributed by atoms with Gasteiger partial charge in [0.2, 0.25) is 5.91 Å². The lowest BCUT2D eigenvalue weighted by Gasteiger charge is -2.15. The van der Waals surface area contributed by atoms with Crippen molar-refractivity contribution in [3.8, 4) is 5.69 Å². The topological polar surface area (TPSA) is 63.4 Å². The number of aromatic nitrogens is 3. The van der Waals surface area contributed by atoms with Crippen LogP contribution < -0.4 is 4.90 Å². The number of carbonyl (C=O) groups is 1. The molecule has 0 spiro atoms. The summed E-state index contributed by atoms with van der Waals surface area (Å²) in [5, 5.41) is 4.50. The van der Waals surface area contributed by atoms with E-state index in [0.29, 0.717) is 18.5 Å². The van der Waals surface area contributed by atoms with Crippen molar-refractivity contribution in [2.24, 2.45) is 4.99 Å². The van der Waals surface area contributed by atoms with Gasteiger partial charge in [0.15, 0.2) is 5.15 Å². The van der Waals surface area contributed by atoms with Crippen molar-refractivity contribution in [2.75, 3.05) is 19.0 Å². The zero-order valence-corrected chi connectivity index (χ0v) is 13.6. The van der Waals surface area contributed by atoms with E-state index in [0.717, 1.165) is 11.4 Å². The second-order valence-corrected chi connectivity index (χ2v) is 5.23. The van der Waals surface area contributed by atoms with Gasteiger partial charge in [0.05, 0.1) is 18.1 Å². The van der Waals surface area contributed by atoms with Crippen LogP contribution in [0.2, 0.25) is 5.15 Å². The largest absolute Gasteiger partial charge is 0.311 e. The number of amides is 1. The third-order valence-corrected chi connectivity index (χ3v) is 3.65. The van der Waals surface area contributed by atoms with Gasteiger partial charge >= 0.3 is 0 Å². The Labute approximate surface area is 134 Å². The summed E-state index contributed by atoms with van der Waals surface area (Å²) in [5.41, 5.74) is 2.30. The first-order chi connectivity index (χ1) is 10.5. The molecule has 0 saturated heterocycles. The van der Waals surface area contributed by atoms with Crippen LogP contribution in [0.25, 0.3) is 5.69 Å². The quantitative estimate of drug-likeness (QED) is 0.796. The van der Waals surface area contributed by atoms with Crippen LogP contribution in [0.4, 0.5) is 5.69 Å². The molecule has 0 fully saturated rings. The van der Waals surface area contributed by atoms with Crippen molar-refractivity contribution in [1.82, 2.24) is 14.8 Å². The van der Waals surface area contributed by atoms with Gasteiger partial charge in [0.25, 0.3) is 0 Å². The molecule has 0 bridgehead atoms. The van der Waals surface area contributed by atoms with Gasteiger partial charge in [-0.1, -0.05) is 11.6 Å². The molecule has 0 saturated carbocycles. The van der Waals surface area contributed by atoms with E-state index in [2.05, 4.69) is 15.1 Å². The van der Waals surface area contributed by atoms with E-state index < -0.39 is 0 Å². The van der Waals surface area contributed by atoms with Gasteiger partial charge in [0.1, 0.15) is 5.69 Å². The molecule has 2 aromatic rings. The summed E-state index contributed by atoms with van der Waals surface area (Å²) in [4.78, 5) is 21.8. The first-order valence-corrected chi connectivity index (χ1v) is 7.25. The molecule has 0 unspecified atom stereocenters. The zero-order valence-electron chi connectivity index (χ0n) is 12.8. The van der Waals surface area contributed by atoms with Crippen LogP contribution in [0.15, 0.2) is 35.7 Å². The molecule has 0 aliphatic carbocycles. The minimum Gasteiger partial charge on any atom is -0.311 e. The number of hydrogen-bond acceptors (Lipinski definition) is 4. The number of aliphatic imine (C=N–C) groups is 1. The van der Waals surface area contributed by atoms with Crippen LogP contribution in [-0.4, -0.2) is 40.5 Å². The molecule has 2 aromatic heterocycles. The number of carbonyl (C=O) groups excluding carboxylic acids is 1. The predicted octanol–water partition coefficient (Wildman–Crippen LogP) is 2.75. The van der Waals surface area contributed by atoms with Gasteiger partial charge in [-0.25, -0.2) is 4.68 Å². The van der Waals surface area contributed by atoms with Gasteiger partial charge in [-0.15, -0.1) is 0 Å². The lowest BCUT2D eigenvalue weighted by molar-refractivity contribution is -0.118. The molecule has 7 heteroatoms. The zero-order chi connectivity index (χ0) is 16.1. The van der Waals surface area contributed by atoms with Crippen molar-refractivity contribution in [3.63, 3.8) is 0 Å². The molecule has 2 heterocycles. The monoisotopic (exact) mass is 319 g/mol. The maximum atomic E-state index is 12.2. The standard InChI is InChI=1S/C15H18ClN5O/c1-11(17-2)6-7-14(22)20(3)13-10-21(19-15(13)16)12-5-4-8-18-9-12/h4-5,8-10H,6-7H2,1-3H3. The number of rotatable bonds is 5. The normalized spacial score (nSPS) is 11.5. The van der Waals surface area contributed by atoms with Gasteiger partial charge in [-0.3, -0.25) is 14.8 Å². The Balaban J connectivity index is 2.15. The molecule has 1 amide bonds. The molecule has 0 aliphatic heterocycles. The van der Waals surface area contributed by atoms with E-state index >= 15 is 0 Å². The fourth-order valence-corrected chi connectivity index (χ4v) is 2.15. The van der Waals surface area contributed by atoms with Crippen molar-refractivity contribution in [3.05, 3.63) is 35.9 Å². The minimum absolute atomic E-state index is 0.0318. The molecule has 0 radical (unpaired) electrons. The Bertz CT molecular complexity index is 680. The number of hydrogen-bond donors (Lipinski definition) is 0. The molecule has 116 valence electrons. The third kappa shape index (κ3) is 3.71. The SMILES string of the molecule is CN=C(C)CCC(=O)N(C)c1cn(-c2cccnc2)nc1Cl. The fraction of sp³-hybridized carbons (Fsp3) is 0.333. The summed E-state index contributed by atoms with van der Waals surface area (Å²) >= 11 is 6.15. The van der Waals surface area contributed by atoms with Gasteiger partial charge in [-0.05, 0) is 25.5 Å². The Kier molecular flexibility index (Phi) is 5.27. The molecule has 0 aliphatic rings. The van der Waals surface area contributed by atoms with Crippen molar-refractivity contribution in [1.29, 1.82) is 0 Å². The van der Waals surface area contributed by atoms with E-state index in [4.69, 9.17) is 11.6 Å². The summed E-state index contributed by atoms with van der Waals surface area (Å²) in [7, 11) is 3.41. The molecular formula is C15H18ClN5O. The van der Waals surface area contributed by atoms with Crippen LogP contribution in [0, 0.1) is 0 Å². The molecule has 2 rings (SSSR count).